The van der Waals surface area contributed by atoms with Gasteiger partial charge in [0.05, 0.1) is 29.2 Å². The van der Waals surface area contributed by atoms with Crippen molar-refractivity contribution in [3.05, 3.63) is 28.8 Å². The Morgan fingerprint density at radius 2 is 2.25 bits per heavy atom. The van der Waals surface area contributed by atoms with E-state index in [9.17, 15) is 5.11 Å². The lowest BCUT2D eigenvalue weighted by atomic mass is 9.92. The maximum absolute atomic E-state index is 9.27. The molecule has 24 heavy (non-hydrogen) atoms. The molecule has 0 aromatic carbocycles. The van der Waals surface area contributed by atoms with Gasteiger partial charge >= 0.3 is 0 Å². The van der Waals surface area contributed by atoms with Gasteiger partial charge in [-0.3, -0.25) is 5.10 Å². The number of aliphatic hydroxyl groups is 1. The van der Waals surface area contributed by atoms with E-state index < -0.39 is 0 Å². The molecule has 0 amide bonds. The van der Waals surface area contributed by atoms with Crippen molar-refractivity contribution >= 4 is 27.4 Å². The first-order valence-electron chi connectivity index (χ1n) is 7.85. The lowest BCUT2D eigenvalue weighted by Gasteiger charge is -2.29. The zero-order valence-corrected chi connectivity index (χ0v) is 14.5. The second-order valence-corrected chi connectivity index (χ2v) is 6.83. The van der Waals surface area contributed by atoms with Gasteiger partial charge in [-0.15, -0.1) is 0 Å². The number of nitrogens with zero attached hydrogens (tertiary/aromatic N) is 4. The third-order valence-corrected chi connectivity index (χ3v) is 5.39. The summed E-state index contributed by atoms with van der Waals surface area (Å²) in [7, 11) is 0. The summed E-state index contributed by atoms with van der Waals surface area (Å²) in [6, 6.07) is 0.164. The predicted molar refractivity (Wildman–Crippen MR) is 93.5 cm³/mol. The van der Waals surface area contributed by atoms with Crippen LogP contribution in [0.3, 0.4) is 0 Å². The molecule has 0 spiro atoms. The maximum atomic E-state index is 9.27. The van der Waals surface area contributed by atoms with Crippen molar-refractivity contribution in [1.82, 2.24) is 30.1 Å². The molecule has 0 saturated carbocycles. The van der Waals surface area contributed by atoms with Crippen LogP contribution in [-0.2, 0) is 0 Å². The van der Waals surface area contributed by atoms with Gasteiger partial charge in [-0.25, -0.2) is 4.98 Å². The number of nitrogen functional groups attached to an aromatic ring is 1. The van der Waals surface area contributed by atoms with Crippen LogP contribution in [0.25, 0.3) is 16.8 Å². The lowest BCUT2D eigenvalue weighted by Crippen LogP contribution is -2.40. The number of aliphatic hydroxyl groups excluding tert-OH is 1. The Bertz CT molecular complexity index is 852. The van der Waals surface area contributed by atoms with Gasteiger partial charge in [-0.2, -0.15) is 14.7 Å². The van der Waals surface area contributed by atoms with Crippen LogP contribution < -0.4 is 11.1 Å². The fourth-order valence-electron chi connectivity index (χ4n) is 3.19. The lowest BCUT2D eigenvalue weighted by molar-refractivity contribution is 0.212. The number of fused-ring (bicyclic) bond motifs is 1. The Hall–Kier alpha value is -1.97. The average molecular weight is 392 g/mol. The molecule has 9 heteroatoms. The first-order valence-corrected chi connectivity index (χ1v) is 8.64. The number of nitrogens with two attached hydrogens (primary N) is 1. The highest BCUT2D eigenvalue weighted by molar-refractivity contribution is 9.10. The molecule has 1 aliphatic heterocycles. The van der Waals surface area contributed by atoms with E-state index in [4.69, 9.17) is 10.7 Å². The fraction of sp³-hybridized carbons (Fsp3) is 0.400. The van der Waals surface area contributed by atoms with Crippen LogP contribution in [0.5, 0.6) is 0 Å². The Morgan fingerprint density at radius 3 is 2.92 bits per heavy atom. The molecule has 0 aliphatic carbocycles. The highest BCUT2D eigenvalue weighted by atomic mass is 79.9. The second-order valence-electron chi connectivity index (χ2n) is 6.04. The summed E-state index contributed by atoms with van der Waals surface area (Å²) in [5.74, 6) is 0.774. The molecule has 8 nitrogen and oxygen atoms in total. The van der Waals surface area contributed by atoms with Crippen LogP contribution in [0.2, 0.25) is 0 Å². The normalized spacial score (nSPS) is 21.4. The van der Waals surface area contributed by atoms with Crippen LogP contribution in [0.4, 0.5) is 5.82 Å². The minimum atomic E-state index is 0.162. The summed E-state index contributed by atoms with van der Waals surface area (Å²) in [6.07, 6.45) is 7.17. The molecule has 3 aromatic heterocycles. The van der Waals surface area contributed by atoms with Gasteiger partial charge in [0.15, 0.2) is 5.65 Å². The zero-order valence-electron chi connectivity index (χ0n) is 12.9. The standard InChI is InChI=1S/C15H18BrN7O/c16-12-13(8-1-2-10(7-24)18-3-8)22-15-11(9-4-19-20-5-9)6-21-23(15)14(12)17/h4-6,8,10,18,24H,1-3,7,17H2,(H,19,20)/t8-,10-/m0/s1. The zero-order chi connectivity index (χ0) is 16.7. The predicted octanol–water partition coefficient (Wildman–Crippen LogP) is 1.29. The Morgan fingerprint density at radius 1 is 1.38 bits per heavy atom. The van der Waals surface area contributed by atoms with Crippen LogP contribution in [0.15, 0.2) is 23.1 Å². The number of H-pyrrole nitrogens is 1. The molecule has 0 unspecified atom stereocenters. The van der Waals surface area contributed by atoms with Crippen molar-refractivity contribution in [1.29, 1.82) is 0 Å². The number of hydrogen-bond donors (Lipinski definition) is 4. The summed E-state index contributed by atoms with van der Waals surface area (Å²) in [6.45, 7) is 0.928. The molecule has 4 rings (SSSR count). The van der Waals surface area contributed by atoms with Gasteiger partial charge in [0.1, 0.15) is 5.82 Å². The van der Waals surface area contributed by atoms with Gasteiger partial charge in [-0.1, -0.05) is 0 Å². The topological polar surface area (TPSA) is 117 Å². The van der Waals surface area contributed by atoms with E-state index in [0.29, 0.717) is 5.82 Å². The number of rotatable bonds is 3. The first-order chi connectivity index (χ1) is 11.7. The number of hydrogen-bond acceptors (Lipinski definition) is 6. The first kappa shape index (κ1) is 15.6. The van der Waals surface area contributed by atoms with Gasteiger partial charge in [0.2, 0.25) is 0 Å². The quantitative estimate of drug-likeness (QED) is 0.534. The summed E-state index contributed by atoms with van der Waals surface area (Å²) in [5.41, 5.74) is 9.73. The summed E-state index contributed by atoms with van der Waals surface area (Å²) >= 11 is 3.58. The van der Waals surface area contributed by atoms with Crippen molar-refractivity contribution in [2.75, 3.05) is 18.9 Å². The molecule has 126 valence electrons. The molecular formula is C15H18BrN7O. The van der Waals surface area contributed by atoms with E-state index in [1.807, 2.05) is 6.20 Å². The van der Waals surface area contributed by atoms with Crippen LogP contribution in [0.1, 0.15) is 24.5 Å². The molecule has 1 saturated heterocycles. The van der Waals surface area contributed by atoms with E-state index in [-0.39, 0.29) is 18.6 Å². The van der Waals surface area contributed by atoms with Gasteiger partial charge < -0.3 is 16.2 Å². The summed E-state index contributed by atoms with van der Waals surface area (Å²) in [4.78, 5) is 4.86. The Kier molecular flexibility index (Phi) is 3.99. The van der Waals surface area contributed by atoms with Crippen molar-refractivity contribution in [3.8, 4) is 11.1 Å². The molecule has 2 atom stereocenters. The third-order valence-electron chi connectivity index (χ3n) is 4.58. The maximum Gasteiger partial charge on any atom is 0.165 e. The highest BCUT2D eigenvalue weighted by Crippen LogP contribution is 2.35. The largest absolute Gasteiger partial charge is 0.395 e. The molecule has 3 aromatic rings. The van der Waals surface area contributed by atoms with Crippen molar-refractivity contribution in [2.45, 2.75) is 24.8 Å². The van der Waals surface area contributed by atoms with Crippen molar-refractivity contribution < 1.29 is 5.11 Å². The number of anilines is 1. The summed E-state index contributed by atoms with van der Waals surface area (Å²) in [5, 5.41) is 23.8. The Balaban J connectivity index is 1.79. The average Bonchev–Trinajstić information content (AvgIpc) is 3.27. The van der Waals surface area contributed by atoms with E-state index in [1.165, 1.54) is 0 Å². The van der Waals surface area contributed by atoms with Gasteiger partial charge in [0.25, 0.3) is 0 Å². The van der Waals surface area contributed by atoms with Gasteiger partial charge in [0, 0.05) is 35.8 Å². The number of piperidine rings is 1. The number of aromatic nitrogens is 5. The number of aromatic amines is 1. The molecule has 1 aliphatic rings. The number of nitrogens with one attached hydrogen (secondary N) is 2. The van der Waals surface area contributed by atoms with E-state index in [0.717, 1.165) is 46.3 Å². The summed E-state index contributed by atoms with van der Waals surface area (Å²) < 4.78 is 2.42. The monoisotopic (exact) mass is 391 g/mol. The smallest absolute Gasteiger partial charge is 0.165 e. The van der Waals surface area contributed by atoms with E-state index in [2.05, 4.69) is 36.5 Å². The molecule has 1 fully saturated rings. The number of halogens is 1. The highest BCUT2D eigenvalue weighted by Gasteiger charge is 2.26. The van der Waals surface area contributed by atoms with Crippen molar-refractivity contribution in [2.24, 2.45) is 0 Å². The van der Waals surface area contributed by atoms with E-state index in [1.54, 1.807) is 16.9 Å². The minimum absolute atomic E-state index is 0.162. The van der Waals surface area contributed by atoms with Crippen LogP contribution in [-0.4, -0.2) is 49.1 Å². The van der Waals surface area contributed by atoms with Crippen LogP contribution in [0, 0.1) is 0 Å². The molecule has 0 bridgehead atoms. The molecule has 4 heterocycles. The minimum Gasteiger partial charge on any atom is -0.395 e. The second kappa shape index (κ2) is 6.15. The van der Waals surface area contributed by atoms with Gasteiger partial charge in [-0.05, 0) is 28.8 Å². The fourth-order valence-corrected chi connectivity index (χ4v) is 3.77. The Labute approximate surface area is 146 Å². The van der Waals surface area contributed by atoms with Crippen LogP contribution >= 0.6 is 15.9 Å². The molecular weight excluding hydrogens is 374 g/mol. The molecule has 5 N–H and O–H groups in total. The SMILES string of the molecule is Nc1c(Br)c([C@H]2CC[C@@H](CO)NC2)nc2c(-c3cn[nH]c3)cnn12. The van der Waals surface area contributed by atoms with Crippen molar-refractivity contribution in [3.63, 3.8) is 0 Å². The van der Waals surface area contributed by atoms with E-state index >= 15 is 0 Å². The third kappa shape index (κ3) is 2.48. The molecule has 0 radical (unpaired) electrons.